The lowest BCUT2D eigenvalue weighted by atomic mass is 10.3. The summed E-state index contributed by atoms with van der Waals surface area (Å²) in [6.07, 6.45) is 2.80. The third-order valence-electron chi connectivity index (χ3n) is 4.27. The van der Waals surface area contributed by atoms with Gasteiger partial charge >= 0.3 is 0 Å². The molecule has 0 N–H and O–H groups in total. The van der Waals surface area contributed by atoms with Crippen LogP contribution >= 0.6 is 22.7 Å². The first kappa shape index (κ1) is 20.7. The quantitative estimate of drug-likeness (QED) is 0.285. The van der Waals surface area contributed by atoms with Crippen molar-refractivity contribution in [3.8, 4) is 0 Å². The number of nitro benzene ring substituents is 2. The number of sulfone groups is 1. The van der Waals surface area contributed by atoms with E-state index in [4.69, 9.17) is 0 Å². The van der Waals surface area contributed by atoms with Gasteiger partial charge in [0.2, 0.25) is 9.84 Å². The van der Waals surface area contributed by atoms with Crippen molar-refractivity contribution in [2.45, 2.75) is 9.79 Å². The van der Waals surface area contributed by atoms with Crippen molar-refractivity contribution in [3.63, 3.8) is 0 Å². The van der Waals surface area contributed by atoms with Crippen LogP contribution in [0.2, 0.25) is 0 Å². The summed E-state index contributed by atoms with van der Waals surface area (Å²) in [4.78, 5) is 28.9. The average Bonchev–Trinajstić information content (AvgIpc) is 3.34. The number of rotatable bonds is 6. The molecule has 0 radical (unpaired) electrons. The molecule has 0 fully saturated rings. The highest BCUT2D eigenvalue weighted by Crippen LogP contribution is 2.39. The second-order valence-corrected chi connectivity index (χ2v) is 10.1. The van der Waals surface area contributed by atoms with E-state index >= 15 is 0 Å². The van der Waals surface area contributed by atoms with Crippen molar-refractivity contribution in [1.82, 2.24) is 9.97 Å². The van der Waals surface area contributed by atoms with Crippen molar-refractivity contribution in [3.05, 3.63) is 67.7 Å². The predicted octanol–water partition coefficient (Wildman–Crippen LogP) is 4.84. The molecule has 2 aromatic heterocycles. The molecule has 0 aliphatic heterocycles. The molecule has 31 heavy (non-hydrogen) atoms. The normalized spacial score (nSPS) is 11.6. The summed E-state index contributed by atoms with van der Waals surface area (Å²) >= 11 is 2.08. The van der Waals surface area contributed by atoms with E-state index < -0.39 is 40.8 Å². The smallest absolute Gasteiger partial charge is 0.258 e. The topological polar surface area (TPSA) is 146 Å². The molecule has 13 heteroatoms. The molecule has 4 rings (SSSR count). The molecular weight excluding hydrogens is 464 g/mol. The zero-order valence-corrected chi connectivity index (χ0v) is 17.8. The molecular formula is C18H10N4O6S3. The lowest BCUT2D eigenvalue weighted by molar-refractivity contribution is -0.385. The first-order valence-corrected chi connectivity index (χ1v) is 11.4. The largest absolute Gasteiger partial charge is 0.272 e. The number of fused-ring (bicyclic) bond motifs is 2. The molecule has 156 valence electrons. The Morgan fingerprint density at radius 2 is 1.19 bits per heavy atom. The minimum Gasteiger partial charge on any atom is -0.258 e. The molecule has 0 aliphatic carbocycles. The Hall–Kier alpha value is -3.55. The van der Waals surface area contributed by atoms with Gasteiger partial charge in [0.25, 0.3) is 11.4 Å². The third-order valence-corrected chi connectivity index (χ3v) is 8.05. The maximum Gasteiger partial charge on any atom is 0.272 e. The zero-order valence-electron chi connectivity index (χ0n) is 15.3. The van der Waals surface area contributed by atoms with Gasteiger partial charge in [0.1, 0.15) is 30.8 Å². The van der Waals surface area contributed by atoms with E-state index in [0.29, 0.717) is 10.0 Å². The van der Waals surface area contributed by atoms with E-state index in [9.17, 15) is 28.6 Å². The van der Waals surface area contributed by atoms with Crippen LogP contribution in [0.5, 0.6) is 0 Å². The number of non-ortho nitro benzene ring substituents is 2. The van der Waals surface area contributed by atoms with Crippen LogP contribution in [0, 0.1) is 20.2 Å². The van der Waals surface area contributed by atoms with E-state index in [1.165, 1.54) is 24.3 Å². The third kappa shape index (κ3) is 3.37. The Bertz CT molecular complexity index is 1440. The summed E-state index contributed by atoms with van der Waals surface area (Å²) in [5.41, 5.74) is -0.859. The number of nitro groups is 2. The second kappa shape index (κ2) is 7.30. The van der Waals surface area contributed by atoms with Gasteiger partial charge in [-0.2, -0.15) is 0 Å². The number of nitrogens with zero attached hydrogens (tertiary/aromatic N) is 4. The summed E-state index contributed by atoms with van der Waals surface area (Å²) in [5.74, 6) is 0. The number of aromatic nitrogens is 2. The van der Waals surface area contributed by atoms with E-state index in [-0.39, 0.29) is 20.4 Å². The van der Waals surface area contributed by atoms with Crippen LogP contribution in [0.25, 0.3) is 32.6 Å². The molecule has 0 spiro atoms. The van der Waals surface area contributed by atoms with Crippen LogP contribution in [0.15, 0.2) is 47.2 Å². The molecule has 0 aliphatic rings. The highest BCUT2D eigenvalue weighted by atomic mass is 32.2. The van der Waals surface area contributed by atoms with E-state index in [2.05, 4.69) is 23.1 Å². The van der Waals surface area contributed by atoms with Crippen LogP contribution in [0.3, 0.4) is 0 Å². The number of thiazole rings is 2. The molecule has 0 bridgehead atoms. The first-order chi connectivity index (χ1) is 14.6. The maximum absolute atomic E-state index is 13.6. The Labute approximate surface area is 182 Å². The van der Waals surface area contributed by atoms with Gasteiger partial charge in [0.05, 0.1) is 19.2 Å². The summed E-state index contributed by atoms with van der Waals surface area (Å²) in [7, 11) is -4.48. The molecule has 0 atom stereocenters. The van der Waals surface area contributed by atoms with Gasteiger partial charge in [-0.05, 0) is 12.2 Å². The average molecular weight is 475 g/mol. The summed E-state index contributed by atoms with van der Waals surface area (Å²) in [5, 5.41) is 23.5. The number of hydrogen-bond acceptors (Lipinski definition) is 10. The molecule has 10 nitrogen and oxygen atoms in total. The van der Waals surface area contributed by atoms with E-state index in [1.54, 1.807) is 0 Å². The van der Waals surface area contributed by atoms with Gasteiger partial charge in [0.15, 0.2) is 0 Å². The first-order valence-electron chi connectivity index (χ1n) is 8.33. The van der Waals surface area contributed by atoms with Gasteiger partial charge in [-0.25, -0.2) is 18.4 Å². The fraction of sp³-hybridized carbons (Fsp3) is 0. The van der Waals surface area contributed by atoms with Crippen molar-refractivity contribution in [1.29, 1.82) is 0 Å². The van der Waals surface area contributed by atoms with Gasteiger partial charge < -0.3 is 0 Å². The molecule has 2 aromatic carbocycles. The molecule has 0 saturated heterocycles. The monoisotopic (exact) mass is 474 g/mol. The Balaban J connectivity index is 2.12. The highest BCUT2D eigenvalue weighted by Gasteiger charge is 2.31. The van der Waals surface area contributed by atoms with Crippen molar-refractivity contribution < 1.29 is 18.3 Å². The molecule has 0 amide bonds. The Kier molecular flexibility index (Phi) is 4.88. The number of benzene rings is 2. The predicted molar refractivity (Wildman–Crippen MR) is 118 cm³/mol. The van der Waals surface area contributed by atoms with Crippen molar-refractivity contribution >= 4 is 76.5 Å². The lowest BCUT2D eigenvalue weighted by Gasteiger charge is -2.07. The fourth-order valence-electron chi connectivity index (χ4n) is 2.92. The fourth-order valence-corrected chi connectivity index (χ4v) is 6.41. The Morgan fingerprint density at radius 1 is 0.806 bits per heavy atom. The van der Waals surface area contributed by atoms with E-state index in [1.807, 2.05) is 0 Å². The van der Waals surface area contributed by atoms with Gasteiger partial charge in [-0.3, -0.25) is 20.2 Å². The van der Waals surface area contributed by atoms with Gasteiger partial charge in [-0.1, -0.05) is 13.2 Å². The zero-order chi connectivity index (χ0) is 22.5. The van der Waals surface area contributed by atoms with Crippen LogP contribution in [-0.2, 0) is 9.84 Å². The summed E-state index contributed by atoms with van der Waals surface area (Å²) in [6, 6.07) is 4.24. The van der Waals surface area contributed by atoms with Gasteiger partial charge in [0, 0.05) is 24.3 Å². The Morgan fingerprint density at radius 3 is 1.52 bits per heavy atom. The SMILES string of the molecule is C=Cc1nc2c(S(=O)(=O)c3cc([N+](=O)[O-])cc4sc(C=C)nc34)cc([N+](=O)[O-])cc2s1. The van der Waals surface area contributed by atoms with Crippen LogP contribution in [0.1, 0.15) is 10.0 Å². The minimum absolute atomic E-state index is 0.0179. The minimum atomic E-state index is -4.48. The van der Waals surface area contributed by atoms with Crippen LogP contribution < -0.4 is 0 Å². The molecule has 0 saturated carbocycles. The molecule has 0 unspecified atom stereocenters. The second-order valence-electron chi connectivity index (χ2n) is 6.11. The summed E-state index contributed by atoms with van der Waals surface area (Å²) < 4.78 is 27.8. The van der Waals surface area contributed by atoms with E-state index in [0.717, 1.165) is 34.8 Å². The maximum atomic E-state index is 13.6. The van der Waals surface area contributed by atoms with Gasteiger partial charge in [-0.15, -0.1) is 22.7 Å². The number of hydrogen-bond donors (Lipinski definition) is 0. The molecule has 4 aromatic rings. The summed E-state index contributed by atoms with van der Waals surface area (Å²) in [6.45, 7) is 7.18. The van der Waals surface area contributed by atoms with Crippen LogP contribution in [0.4, 0.5) is 11.4 Å². The van der Waals surface area contributed by atoms with Crippen LogP contribution in [-0.4, -0.2) is 28.2 Å². The molecule has 2 heterocycles. The standard InChI is InChI=1S/C18H10N4O6S3/c1-3-15-19-17-11(29-15)5-9(21(23)24)7-13(17)31(27,28)14-8-10(22(25)26)6-12-18(14)20-16(4-2)30-12/h3-8H,1-2H2. The highest BCUT2D eigenvalue weighted by molar-refractivity contribution is 7.92. The van der Waals surface area contributed by atoms with Crippen molar-refractivity contribution in [2.75, 3.05) is 0 Å². The lowest BCUT2D eigenvalue weighted by Crippen LogP contribution is -2.06. The van der Waals surface area contributed by atoms with Crippen molar-refractivity contribution in [2.24, 2.45) is 0 Å².